The third kappa shape index (κ3) is 8.67. The van der Waals surface area contributed by atoms with Crippen molar-refractivity contribution in [2.45, 2.75) is 63.7 Å². The summed E-state index contributed by atoms with van der Waals surface area (Å²) in [6.07, 6.45) is -5.35. The molecule has 1 aliphatic carbocycles. The molecule has 0 unspecified atom stereocenters. The number of amides is 1. The molecule has 216 valence electrons. The number of benzene rings is 2. The lowest BCUT2D eigenvalue weighted by atomic mass is 9.85. The second-order valence-electron chi connectivity index (χ2n) is 9.43. The number of rotatable bonds is 11. The van der Waals surface area contributed by atoms with E-state index < -0.39 is 35.2 Å². The number of ketones is 2. The SMILES string of the molecule is O=C(CCCCCCC(=O)NO)COc1ccc2c(c1)CC/C(=C\c1cc(C(F)(F)F)cc(C(F)(F)F)c1)C2=O. The number of unbranched alkanes of at least 4 members (excludes halogenated alkanes) is 3. The molecule has 0 spiro atoms. The van der Waals surface area contributed by atoms with Crippen LogP contribution >= 0.6 is 0 Å². The molecule has 6 nitrogen and oxygen atoms in total. The summed E-state index contributed by atoms with van der Waals surface area (Å²) in [5.41, 5.74) is -0.795. The molecular weight excluding hydrogens is 544 g/mol. The molecule has 0 heterocycles. The summed E-state index contributed by atoms with van der Waals surface area (Å²) in [5, 5.41) is 8.43. The minimum absolute atomic E-state index is 0.0361. The van der Waals surface area contributed by atoms with Crippen molar-refractivity contribution in [3.05, 3.63) is 69.8 Å². The van der Waals surface area contributed by atoms with Crippen LogP contribution in [0.1, 0.15) is 77.6 Å². The largest absolute Gasteiger partial charge is 0.486 e. The molecule has 2 aromatic rings. The van der Waals surface area contributed by atoms with Crippen molar-refractivity contribution in [2.75, 3.05) is 6.61 Å². The monoisotopic (exact) mass is 571 g/mol. The Labute approximate surface area is 226 Å². The molecule has 0 saturated heterocycles. The van der Waals surface area contributed by atoms with Gasteiger partial charge in [0.2, 0.25) is 5.91 Å². The van der Waals surface area contributed by atoms with Crippen LogP contribution in [-0.2, 0) is 28.4 Å². The lowest BCUT2D eigenvalue weighted by Gasteiger charge is -2.19. The molecule has 2 N–H and O–H groups in total. The fourth-order valence-corrected chi connectivity index (χ4v) is 4.30. The first-order valence-electron chi connectivity index (χ1n) is 12.5. The van der Waals surface area contributed by atoms with Crippen LogP contribution < -0.4 is 10.2 Å². The highest BCUT2D eigenvalue weighted by Gasteiger charge is 2.37. The average Bonchev–Trinajstić information content (AvgIpc) is 2.89. The number of carbonyl (C=O) groups is 3. The van der Waals surface area contributed by atoms with Gasteiger partial charge in [-0.1, -0.05) is 12.8 Å². The van der Waals surface area contributed by atoms with Gasteiger partial charge in [0.25, 0.3) is 0 Å². The third-order valence-corrected chi connectivity index (χ3v) is 6.36. The van der Waals surface area contributed by atoms with Crippen molar-refractivity contribution < 1.29 is 50.7 Å². The Morgan fingerprint density at radius 1 is 0.875 bits per heavy atom. The van der Waals surface area contributed by atoms with Crippen LogP contribution in [0.4, 0.5) is 26.3 Å². The summed E-state index contributed by atoms with van der Waals surface area (Å²) >= 11 is 0. The van der Waals surface area contributed by atoms with Gasteiger partial charge in [-0.05, 0) is 79.3 Å². The van der Waals surface area contributed by atoms with Crippen LogP contribution in [0.25, 0.3) is 6.08 Å². The van der Waals surface area contributed by atoms with Crippen LogP contribution in [0, 0.1) is 0 Å². The number of alkyl halides is 6. The maximum Gasteiger partial charge on any atom is 0.416 e. The van der Waals surface area contributed by atoms with Gasteiger partial charge >= 0.3 is 12.4 Å². The Hall–Kier alpha value is -3.67. The van der Waals surface area contributed by atoms with E-state index in [0.29, 0.717) is 42.7 Å². The molecule has 0 bridgehead atoms. The van der Waals surface area contributed by atoms with E-state index in [-0.39, 0.29) is 54.4 Å². The first kappa shape index (κ1) is 30.9. The molecule has 0 aromatic heterocycles. The summed E-state index contributed by atoms with van der Waals surface area (Å²) in [5.74, 6) is -0.744. The van der Waals surface area contributed by atoms with Gasteiger partial charge in [0.05, 0.1) is 11.1 Å². The summed E-state index contributed by atoms with van der Waals surface area (Å²) < 4.78 is 84.6. The molecule has 40 heavy (non-hydrogen) atoms. The van der Waals surface area contributed by atoms with E-state index in [1.54, 1.807) is 11.5 Å². The summed E-state index contributed by atoms with van der Waals surface area (Å²) in [4.78, 5) is 36.0. The summed E-state index contributed by atoms with van der Waals surface area (Å²) in [6, 6.07) is 5.72. The molecule has 1 aliphatic rings. The lowest BCUT2D eigenvalue weighted by Crippen LogP contribution is -2.17. The highest BCUT2D eigenvalue weighted by Crippen LogP contribution is 2.37. The third-order valence-electron chi connectivity index (χ3n) is 6.36. The van der Waals surface area contributed by atoms with Crippen LogP contribution in [0.15, 0.2) is 42.0 Å². The van der Waals surface area contributed by atoms with E-state index >= 15 is 0 Å². The Morgan fingerprint density at radius 3 is 2.10 bits per heavy atom. The lowest BCUT2D eigenvalue weighted by molar-refractivity contribution is -0.143. The number of hydroxylamine groups is 1. The van der Waals surface area contributed by atoms with Crippen molar-refractivity contribution in [3.8, 4) is 5.75 Å². The van der Waals surface area contributed by atoms with Crippen LogP contribution in [0.5, 0.6) is 5.75 Å². The quantitative estimate of drug-likeness (QED) is 0.103. The number of nitrogens with one attached hydrogen (secondary N) is 1. The first-order chi connectivity index (χ1) is 18.8. The van der Waals surface area contributed by atoms with Gasteiger partial charge in [-0.3, -0.25) is 19.6 Å². The number of aryl methyl sites for hydroxylation is 1. The fourth-order valence-electron chi connectivity index (χ4n) is 4.30. The predicted molar refractivity (Wildman–Crippen MR) is 132 cm³/mol. The molecule has 0 fully saturated rings. The van der Waals surface area contributed by atoms with Crippen LogP contribution in [0.2, 0.25) is 0 Å². The zero-order chi connectivity index (χ0) is 29.5. The zero-order valence-corrected chi connectivity index (χ0v) is 21.3. The Morgan fingerprint density at radius 2 is 1.50 bits per heavy atom. The van der Waals surface area contributed by atoms with E-state index in [4.69, 9.17) is 9.94 Å². The van der Waals surface area contributed by atoms with E-state index in [2.05, 4.69) is 0 Å². The standard InChI is InChI=1S/C28H27F6NO5/c29-27(30,31)20-12-17(13-21(15-20)28(32,33)34)11-19-8-7-18-14-23(9-10-24(18)26(19)38)40-16-22(36)5-3-1-2-4-6-25(37)35-39/h9-15,39H,1-8,16H2,(H,35,37)/b19-11+. The number of ether oxygens (including phenoxy) is 1. The van der Waals surface area contributed by atoms with Gasteiger partial charge in [0.15, 0.2) is 11.6 Å². The van der Waals surface area contributed by atoms with E-state index in [1.807, 2.05) is 0 Å². The van der Waals surface area contributed by atoms with Gasteiger partial charge in [-0.2, -0.15) is 26.3 Å². The number of carbonyl (C=O) groups excluding carboxylic acids is 3. The normalized spacial score (nSPS) is 14.7. The zero-order valence-electron chi connectivity index (χ0n) is 21.3. The van der Waals surface area contributed by atoms with Crippen molar-refractivity contribution >= 4 is 23.5 Å². The van der Waals surface area contributed by atoms with Crippen LogP contribution in [-0.4, -0.2) is 29.3 Å². The Balaban J connectivity index is 1.61. The number of fused-ring (bicyclic) bond motifs is 1. The number of halogens is 6. The van der Waals surface area contributed by atoms with E-state index in [1.165, 1.54) is 12.1 Å². The fraction of sp³-hybridized carbons (Fsp3) is 0.393. The number of allylic oxidation sites excluding steroid dienone is 1. The van der Waals surface area contributed by atoms with Crippen molar-refractivity contribution in [3.63, 3.8) is 0 Å². The van der Waals surface area contributed by atoms with Gasteiger partial charge < -0.3 is 4.74 Å². The topological polar surface area (TPSA) is 92.7 Å². The second-order valence-corrected chi connectivity index (χ2v) is 9.43. The highest BCUT2D eigenvalue weighted by atomic mass is 19.4. The van der Waals surface area contributed by atoms with Crippen molar-refractivity contribution in [1.82, 2.24) is 5.48 Å². The molecule has 0 atom stereocenters. The van der Waals surface area contributed by atoms with E-state index in [0.717, 1.165) is 18.9 Å². The van der Waals surface area contributed by atoms with Gasteiger partial charge in [0, 0.05) is 24.0 Å². The van der Waals surface area contributed by atoms with E-state index in [9.17, 15) is 40.7 Å². The molecular formula is C28H27F6NO5. The van der Waals surface area contributed by atoms with Crippen LogP contribution in [0.3, 0.4) is 0 Å². The summed E-state index contributed by atoms with van der Waals surface area (Å²) in [7, 11) is 0. The average molecular weight is 572 g/mol. The maximum absolute atomic E-state index is 13.2. The summed E-state index contributed by atoms with van der Waals surface area (Å²) in [6.45, 7) is -0.179. The first-order valence-corrected chi connectivity index (χ1v) is 12.5. The van der Waals surface area contributed by atoms with Gasteiger partial charge in [-0.25, -0.2) is 5.48 Å². The molecule has 1 amide bonds. The van der Waals surface area contributed by atoms with Gasteiger partial charge in [0.1, 0.15) is 12.4 Å². The minimum atomic E-state index is -4.99. The number of hydrogen-bond donors (Lipinski definition) is 2. The smallest absolute Gasteiger partial charge is 0.416 e. The Kier molecular flexibility index (Phi) is 10.1. The number of hydrogen-bond acceptors (Lipinski definition) is 5. The van der Waals surface area contributed by atoms with Crippen molar-refractivity contribution in [1.29, 1.82) is 0 Å². The molecule has 12 heteroatoms. The minimum Gasteiger partial charge on any atom is -0.486 e. The molecule has 3 rings (SSSR count). The van der Waals surface area contributed by atoms with Gasteiger partial charge in [-0.15, -0.1) is 0 Å². The molecule has 0 aliphatic heterocycles. The second kappa shape index (κ2) is 13.1. The molecule has 0 saturated carbocycles. The van der Waals surface area contributed by atoms with Crippen molar-refractivity contribution in [2.24, 2.45) is 0 Å². The highest BCUT2D eigenvalue weighted by molar-refractivity contribution is 6.13. The predicted octanol–water partition coefficient (Wildman–Crippen LogP) is 6.73. The molecule has 2 aromatic carbocycles. The molecule has 0 radical (unpaired) electrons. The maximum atomic E-state index is 13.2. The number of Topliss-reactive ketones (excluding diaryl/α,β-unsaturated/α-hetero) is 2. The Bertz CT molecular complexity index is 1250.